The maximum Gasteiger partial charge on any atom is 0.420 e. The van der Waals surface area contributed by atoms with Crippen molar-refractivity contribution in [2.24, 2.45) is 0 Å². The first kappa shape index (κ1) is 39.4. The summed E-state index contributed by atoms with van der Waals surface area (Å²) in [6, 6.07) is 8.08. The number of methoxy groups -OCH3 is 1. The van der Waals surface area contributed by atoms with Crippen LogP contribution in [-0.2, 0) is 54.9 Å². The Morgan fingerprint density at radius 2 is 1.85 bits per heavy atom. The first-order valence-corrected chi connectivity index (χ1v) is 17.2. The van der Waals surface area contributed by atoms with Crippen LogP contribution < -0.4 is 14.5 Å². The van der Waals surface area contributed by atoms with Crippen molar-refractivity contribution in [3.63, 3.8) is 0 Å². The van der Waals surface area contributed by atoms with E-state index in [-0.39, 0.29) is 67.1 Å². The number of imidazole rings is 1. The Balaban J connectivity index is 0.00000204. The third kappa shape index (κ3) is 8.23. The average molecular weight is 771 g/mol. The number of fused-ring (bicyclic) bond motifs is 2. The number of benzene rings is 2. The number of carbonyl (C=O) groups excluding carboxylic acids is 1. The largest absolute Gasteiger partial charge is 0.493 e. The summed E-state index contributed by atoms with van der Waals surface area (Å²) in [6.07, 6.45) is 0.617. The van der Waals surface area contributed by atoms with Gasteiger partial charge in [-0.15, -0.1) is 0 Å². The van der Waals surface area contributed by atoms with Crippen molar-refractivity contribution in [2.45, 2.75) is 44.0 Å². The fourth-order valence-corrected chi connectivity index (χ4v) is 5.68. The second-order valence-electron chi connectivity index (χ2n) is 11.2. The molecule has 1 atom stereocenters. The Kier molecular flexibility index (Phi) is 12.9. The van der Waals surface area contributed by atoms with Crippen molar-refractivity contribution in [1.29, 1.82) is 0 Å². The summed E-state index contributed by atoms with van der Waals surface area (Å²) < 4.78 is 60.1. The molecule has 0 bridgehead atoms. The number of aromatic nitrogens is 4. The smallest absolute Gasteiger partial charge is 0.420 e. The van der Waals surface area contributed by atoms with Crippen molar-refractivity contribution in [2.75, 3.05) is 21.2 Å². The quantitative estimate of drug-likeness (QED) is 0.155. The van der Waals surface area contributed by atoms with E-state index in [4.69, 9.17) is 25.8 Å². The molecule has 0 aliphatic carbocycles. The number of carbonyl (C=O) groups is 1. The molecule has 18 heteroatoms. The Bertz CT molecular complexity index is 2070. The summed E-state index contributed by atoms with van der Waals surface area (Å²) >= 11 is 9.95. The van der Waals surface area contributed by atoms with Gasteiger partial charge in [-0.05, 0) is 70.1 Å². The number of aliphatic hydroxyl groups excluding tert-OH is 1. The predicted molar refractivity (Wildman–Crippen MR) is 179 cm³/mol. The zero-order valence-corrected chi connectivity index (χ0v) is 31.6. The number of ether oxygens (including phenoxy) is 3. The maximum atomic E-state index is 15.5. The summed E-state index contributed by atoms with van der Waals surface area (Å²) in [6.45, 7) is 4.74. The monoisotopic (exact) mass is 770 g/mol. The van der Waals surface area contributed by atoms with E-state index in [0.717, 1.165) is 10.4 Å². The van der Waals surface area contributed by atoms with Gasteiger partial charge in [0.15, 0.2) is 17.3 Å². The molecule has 0 spiro atoms. The molecule has 5 aromatic rings. The molecule has 12 nitrogen and oxygen atoms in total. The molecule has 0 saturated carbocycles. The third-order valence-corrected chi connectivity index (χ3v) is 8.77. The van der Waals surface area contributed by atoms with Gasteiger partial charge < -0.3 is 29.3 Å². The van der Waals surface area contributed by atoms with Crippen LogP contribution in [0.3, 0.4) is 0 Å². The number of sulfonamides is 1. The minimum atomic E-state index is -3.79. The molecule has 3 heterocycles. The van der Waals surface area contributed by atoms with Crippen LogP contribution in [-0.4, -0.2) is 65.3 Å². The first-order chi connectivity index (χ1) is 22.1. The number of rotatable bonds is 8. The van der Waals surface area contributed by atoms with E-state index < -0.39 is 33.6 Å². The predicted octanol–water partition coefficient (Wildman–Crippen LogP) is 5.63. The molecular weight excluding hydrogens is 740 g/mol. The molecule has 2 aromatic carbocycles. The molecule has 0 saturated heterocycles. The standard InChI is InChI=1S/C30H30ClFN5O7S.HPS.Ti/c1-30(2,3)44-29(39)37-23-8-7-17(45(40,41)36(4)5)10-22(23)35-26(37)15-43-25-12-21(32)19(11-24(25)42-6)27(38)20-14-34-28-18(20)9-16(31)13-33-28;1-2;/h7-14,27,38H,15H2,1-6H3;1H;/q-1;;. The van der Waals surface area contributed by atoms with Gasteiger partial charge in [-0.1, -0.05) is 41.4 Å². The molecule has 3 aromatic heterocycles. The maximum absolute atomic E-state index is 15.5. The van der Waals surface area contributed by atoms with Crippen LogP contribution in [0.2, 0.25) is 5.02 Å². The number of halogens is 2. The van der Waals surface area contributed by atoms with Gasteiger partial charge in [0, 0.05) is 52.5 Å². The molecule has 48 heavy (non-hydrogen) atoms. The van der Waals surface area contributed by atoms with Gasteiger partial charge in [-0.25, -0.2) is 31.5 Å². The van der Waals surface area contributed by atoms with Gasteiger partial charge in [-0.2, -0.15) is 0 Å². The van der Waals surface area contributed by atoms with Crippen molar-refractivity contribution >= 4 is 69.6 Å². The summed E-state index contributed by atoms with van der Waals surface area (Å²) in [5.41, 5.74) is 0.166. The van der Waals surface area contributed by atoms with Gasteiger partial charge in [0.05, 0.1) is 23.0 Å². The number of aliphatic hydroxyl groups is 1. The Labute approximate surface area is 303 Å². The van der Waals surface area contributed by atoms with Crippen LogP contribution in [0.5, 0.6) is 11.5 Å². The summed E-state index contributed by atoms with van der Waals surface area (Å²) in [7, 11) is 2.92. The van der Waals surface area contributed by atoms with E-state index in [2.05, 4.69) is 34.8 Å². The fraction of sp³-hybridized carbons (Fsp3) is 0.300. The van der Waals surface area contributed by atoms with E-state index in [1.807, 2.05) is 0 Å². The number of hydrogen-bond acceptors (Lipinski definition) is 10. The van der Waals surface area contributed by atoms with Gasteiger partial charge in [0.2, 0.25) is 10.0 Å². The molecular formula is C30H31ClFN5O7PS2Ti-. The summed E-state index contributed by atoms with van der Waals surface area (Å²) in [5.74, 6) is -0.699. The van der Waals surface area contributed by atoms with Crippen molar-refractivity contribution in [1.82, 2.24) is 23.8 Å². The minimum absolute atomic E-state index is 0. The molecule has 0 fully saturated rings. The summed E-state index contributed by atoms with van der Waals surface area (Å²) in [5, 5.41) is 11.9. The Morgan fingerprint density at radius 1 is 1.17 bits per heavy atom. The zero-order valence-electron chi connectivity index (χ0n) is 26.6. The Hall–Kier alpha value is -3.01. The van der Waals surface area contributed by atoms with Crippen molar-refractivity contribution in [3.05, 3.63) is 76.6 Å². The van der Waals surface area contributed by atoms with Gasteiger partial charge in [-0.3, -0.25) is 0 Å². The number of hydrogen-bond donors (Lipinski definition) is 1. The topological polar surface area (TPSA) is 147 Å². The fourth-order valence-electron chi connectivity index (χ4n) is 4.60. The van der Waals surface area contributed by atoms with Crippen LogP contribution in [0.25, 0.3) is 22.1 Å². The minimum Gasteiger partial charge on any atom is -0.493 e. The molecule has 1 N–H and O–H groups in total. The normalized spacial score (nSPS) is 12.3. The molecule has 0 aliphatic rings. The van der Waals surface area contributed by atoms with Gasteiger partial charge in [0.1, 0.15) is 24.1 Å². The van der Waals surface area contributed by atoms with E-state index in [0.29, 0.717) is 21.6 Å². The van der Waals surface area contributed by atoms with Gasteiger partial charge >= 0.3 is 6.09 Å². The number of pyridine rings is 1. The molecule has 0 amide bonds. The van der Waals surface area contributed by atoms with Crippen molar-refractivity contribution < 1.29 is 58.6 Å². The van der Waals surface area contributed by atoms with Crippen molar-refractivity contribution in [3.8, 4) is 11.5 Å². The second kappa shape index (κ2) is 15.7. The zero-order chi connectivity index (χ0) is 34.8. The van der Waals surface area contributed by atoms with Crippen LogP contribution in [0.15, 0.2) is 53.7 Å². The molecule has 0 radical (unpaired) electrons. The summed E-state index contributed by atoms with van der Waals surface area (Å²) in [4.78, 5) is 26.0. The van der Waals surface area contributed by atoms with Crippen LogP contribution >= 0.6 is 19.6 Å². The van der Waals surface area contributed by atoms with E-state index >= 15 is 4.39 Å². The molecule has 254 valence electrons. The molecule has 5 rings (SSSR count). The van der Waals surface area contributed by atoms with Crippen LogP contribution in [0, 0.1) is 5.82 Å². The third-order valence-electron chi connectivity index (χ3n) is 6.75. The second-order valence-corrected chi connectivity index (χ2v) is 13.8. The van der Waals surface area contributed by atoms with Crippen LogP contribution in [0.1, 0.15) is 43.8 Å². The van der Waals surface area contributed by atoms with E-state index in [1.165, 1.54) is 62.4 Å². The van der Waals surface area contributed by atoms with E-state index in [9.17, 15) is 18.3 Å². The Morgan fingerprint density at radius 3 is 2.48 bits per heavy atom. The molecule has 1 unspecified atom stereocenters. The van der Waals surface area contributed by atoms with E-state index in [1.54, 1.807) is 26.8 Å². The van der Waals surface area contributed by atoms with Crippen LogP contribution in [0.4, 0.5) is 9.18 Å². The SMILES string of the molecule is COc1cc(C(O)c2c[n-]c3ncc(Cl)cc23)c(F)cc1OCc1nc2cc(S(=O)(=O)N(C)C)ccc2n1C(=O)OC(C)(C)C.P=S.[Ti]. The molecule has 0 aliphatic heterocycles. The average Bonchev–Trinajstić information content (AvgIpc) is 3.60. The number of nitrogens with zero attached hydrogens (tertiary/aromatic N) is 5. The van der Waals surface area contributed by atoms with Gasteiger partial charge in [0.25, 0.3) is 0 Å². The first-order valence-electron chi connectivity index (χ1n) is 13.7.